The van der Waals surface area contributed by atoms with Gasteiger partial charge in [-0.1, -0.05) is 18.6 Å². The predicted molar refractivity (Wildman–Crippen MR) is 62.9 cm³/mol. The third kappa shape index (κ3) is 2.70. The van der Waals surface area contributed by atoms with Crippen molar-refractivity contribution in [3.8, 4) is 0 Å². The molecule has 1 heterocycles. The van der Waals surface area contributed by atoms with Crippen LogP contribution in [0.15, 0.2) is 24.3 Å². The lowest BCUT2D eigenvalue weighted by molar-refractivity contribution is 0.282. The number of benzene rings is 1. The van der Waals surface area contributed by atoms with Gasteiger partial charge in [0.15, 0.2) is 0 Å². The molecule has 0 aliphatic carbocycles. The van der Waals surface area contributed by atoms with Crippen molar-refractivity contribution in [1.29, 1.82) is 0 Å². The molecule has 0 spiro atoms. The molecule has 1 atom stereocenters. The maximum atomic E-state index is 13.1. The van der Waals surface area contributed by atoms with Gasteiger partial charge in [0, 0.05) is 5.54 Å². The average Bonchev–Trinajstić information content (AvgIpc) is 2.19. The van der Waals surface area contributed by atoms with Crippen molar-refractivity contribution >= 4 is 12.4 Å². The summed E-state index contributed by atoms with van der Waals surface area (Å²) in [5.74, 6) is -0.143. The lowest BCUT2D eigenvalue weighted by atomic mass is 9.84. The minimum absolute atomic E-state index is 0. The zero-order valence-corrected chi connectivity index (χ0v) is 9.74. The molecule has 1 aliphatic heterocycles. The number of rotatable bonds is 1. The summed E-state index contributed by atoms with van der Waals surface area (Å²) in [7, 11) is 0. The summed E-state index contributed by atoms with van der Waals surface area (Å²) in [6.45, 7) is 3.19. The van der Waals surface area contributed by atoms with Crippen LogP contribution in [0.5, 0.6) is 0 Å². The van der Waals surface area contributed by atoms with Crippen LogP contribution in [0.1, 0.15) is 31.7 Å². The van der Waals surface area contributed by atoms with Gasteiger partial charge in [0.1, 0.15) is 5.82 Å². The number of halogens is 2. The normalized spacial score (nSPS) is 25.7. The summed E-state index contributed by atoms with van der Waals surface area (Å²) in [6, 6.07) is 6.92. The quantitative estimate of drug-likeness (QED) is 0.780. The van der Waals surface area contributed by atoms with E-state index < -0.39 is 0 Å². The van der Waals surface area contributed by atoms with E-state index in [1.807, 2.05) is 6.07 Å². The van der Waals surface area contributed by atoms with E-state index in [9.17, 15) is 4.39 Å². The number of hydrogen-bond donors (Lipinski definition) is 1. The first-order chi connectivity index (χ1) is 6.71. The van der Waals surface area contributed by atoms with Crippen LogP contribution in [0, 0.1) is 5.82 Å². The first-order valence-electron chi connectivity index (χ1n) is 5.22. The molecule has 0 aromatic heterocycles. The molecule has 0 amide bonds. The molecule has 84 valence electrons. The molecule has 1 saturated heterocycles. The Kier molecular flexibility index (Phi) is 4.12. The zero-order valence-electron chi connectivity index (χ0n) is 8.92. The van der Waals surface area contributed by atoms with Crippen LogP contribution in [0.4, 0.5) is 4.39 Å². The molecule has 0 saturated carbocycles. The molecule has 0 radical (unpaired) electrons. The van der Waals surface area contributed by atoms with E-state index in [2.05, 4.69) is 12.2 Å². The molecule has 1 unspecified atom stereocenters. The van der Waals surface area contributed by atoms with E-state index >= 15 is 0 Å². The van der Waals surface area contributed by atoms with E-state index in [1.165, 1.54) is 18.9 Å². The summed E-state index contributed by atoms with van der Waals surface area (Å²) in [4.78, 5) is 0. The second-order valence-electron chi connectivity index (χ2n) is 4.23. The topological polar surface area (TPSA) is 12.0 Å². The van der Waals surface area contributed by atoms with Crippen molar-refractivity contribution in [2.24, 2.45) is 0 Å². The Hall–Kier alpha value is -0.600. The highest BCUT2D eigenvalue weighted by molar-refractivity contribution is 5.85. The lowest BCUT2D eigenvalue weighted by Gasteiger charge is -2.35. The lowest BCUT2D eigenvalue weighted by Crippen LogP contribution is -2.43. The number of hydrogen-bond acceptors (Lipinski definition) is 1. The largest absolute Gasteiger partial charge is 0.308 e. The van der Waals surface area contributed by atoms with E-state index in [0.29, 0.717) is 0 Å². The van der Waals surface area contributed by atoms with Gasteiger partial charge in [-0.15, -0.1) is 12.4 Å². The highest BCUT2D eigenvalue weighted by Crippen LogP contribution is 2.29. The van der Waals surface area contributed by atoms with E-state index in [-0.39, 0.29) is 23.8 Å². The molecule has 2 rings (SSSR count). The van der Waals surface area contributed by atoms with Crippen molar-refractivity contribution in [3.63, 3.8) is 0 Å². The third-order valence-corrected chi connectivity index (χ3v) is 3.08. The molecule has 0 bridgehead atoms. The fourth-order valence-electron chi connectivity index (χ4n) is 2.13. The minimum atomic E-state index is -0.143. The van der Waals surface area contributed by atoms with Crippen molar-refractivity contribution in [2.45, 2.75) is 31.7 Å². The van der Waals surface area contributed by atoms with Gasteiger partial charge in [0.25, 0.3) is 0 Å². The Balaban J connectivity index is 0.00000112. The van der Waals surface area contributed by atoms with Crippen molar-refractivity contribution in [3.05, 3.63) is 35.6 Å². The van der Waals surface area contributed by atoms with Gasteiger partial charge in [-0.2, -0.15) is 0 Å². The summed E-state index contributed by atoms with van der Waals surface area (Å²) in [6.07, 6.45) is 3.54. The highest BCUT2D eigenvalue weighted by Gasteiger charge is 2.28. The summed E-state index contributed by atoms with van der Waals surface area (Å²) < 4.78 is 13.1. The van der Waals surface area contributed by atoms with Crippen molar-refractivity contribution in [2.75, 3.05) is 6.54 Å². The Morgan fingerprint density at radius 2 is 2.13 bits per heavy atom. The molecule has 1 aliphatic rings. The molecule has 15 heavy (non-hydrogen) atoms. The molecule has 1 fully saturated rings. The maximum absolute atomic E-state index is 13.1. The van der Waals surface area contributed by atoms with Crippen LogP contribution in [-0.4, -0.2) is 6.54 Å². The van der Waals surface area contributed by atoms with Gasteiger partial charge in [0.05, 0.1) is 0 Å². The monoisotopic (exact) mass is 229 g/mol. The highest BCUT2D eigenvalue weighted by atomic mass is 35.5. The Labute approximate surface area is 96.5 Å². The smallest absolute Gasteiger partial charge is 0.123 e. The first-order valence-corrected chi connectivity index (χ1v) is 5.22. The maximum Gasteiger partial charge on any atom is 0.123 e. The van der Waals surface area contributed by atoms with Crippen LogP contribution in [-0.2, 0) is 5.54 Å². The summed E-state index contributed by atoms with van der Waals surface area (Å²) >= 11 is 0. The van der Waals surface area contributed by atoms with Gasteiger partial charge in [-0.05, 0) is 44.0 Å². The zero-order chi connectivity index (χ0) is 10.0. The van der Waals surface area contributed by atoms with Crippen LogP contribution in [0.3, 0.4) is 0 Å². The molecular formula is C12H17ClFN. The number of nitrogens with one attached hydrogen (secondary N) is 1. The van der Waals surface area contributed by atoms with Crippen molar-refractivity contribution < 1.29 is 4.39 Å². The second kappa shape index (κ2) is 4.95. The van der Waals surface area contributed by atoms with Gasteiger partial charge in [-0.25, -0.2) is 4.39 Å². The first kappa shape index (κ1) is 12.5. The number of piperidine rings is 1. The Morgan fingerprint density at radius 3 is 2.73 bits per heavy atom. The SMILES string of the molecule is CC1(c2cccc(F)c2)CCCCN1.Cl. The van der Waals surface area contributed by atoms with Crippen LogP contribution in [0.25, 0.3) is 0 Å². The van der Waals surface area contributed by atoms with Gasteiger partial charge in [-0.3, -0.25) is 0 Å². The Bertz CT molecular complexity index is 321. The van der Waals surface area contributed by atoms with E-state index in [4.69, 9.17) is 0 Å². The third-order valence-electron chi connectivity index (χ3n) is 3.08. The van der Waals surface area contributed by atoms with E-state index in [0.717, 1.165) is 18.5 Å². The van der Waals surface area contributed by atoms with Crippen LogP contribution >= 0.6 is 12.4 Å². The standard InChI is InChI=1S/C12H16FN.ClH/c1-12(7-2-3-8-14-12)10-5-4-6-11(13)9-10;/h4-6,9,14H,2-3,7-8H2,1H3;1H. The van der Waals surface area contributed by atoms with Gasteiger partial charge < -0.3 is 5.32 Å². The van der Waals surface area contributed by atoms with Crippen LogP contribution in [0.2, 0.25) is 0 Å². The van der Waals surface area contributed by atoms with Gasteiger partial charge >= 0.3 is 0 Å². The van der Waals surface area contributed by atoms with Crippen LogP contribution < -0.4 is 5.32 Å². The summed E-state index contributed by atoms with van der Waals surface area (Å²) in [5.41, 5.74) is 1.04. The predicted octanol–water partition coefficient (Wildman–Crippen LogP) is 3.24. The molecule has 1 aromatic carbocycles. The fourth-order valence-corrected chi connectivity index (χ4v) is 2.13. The molecular weight excluding hydrogens is 213 g/mol. The molecule has 1 aromatic rings. The molecule has 1 N–H and O–H groups in total. The van der Waals surface area contributed by atoms with E-state index in [1.54, 1.807) is 12.1 Å². The molecule has 3 heteroatoms. The minimum Gasteiger partial charge on any atom is -0.308 e. The second-order valence-corrected chi connectivity index (χ2v) is 4.23. The van der Waals surface area contributed by atoms with Gasteiger partial charge in [0.2, 0.25) is 0 Å². The molecule has 1 nitrogen and oxygen atoms in total. The average molecular weight is 230 g/mol. The Morgan fingerprint density at radius 1 is 1.33 bits per heavy atom. The summed E-state index contributed by atoms with van der Waals surface area (Å²) in [5, 5.41) is 3.47. The van der Waals surface area contributed by atoms with Crippen molar-refractivity contribution in [1.82, 2.24) is 5.32 Å². The fraction of sp³-hybridized carbons (Fsp3) is 0.500.